The Kier molecular flexibility index (Phi) is 13.2. The molecular weight excluding hydrogens is 797 g/mol. The number of benzene rings is 2. The van der Waals surface area contributed by atoms with E-state index in [9.17, 15) is 19.2 Å². The minimum atomic E-state index is -0.746. The summed E-state index contributed by atoms with van der Waals surface area (Å²) >= 11 is 0. The average molecular weight is 853 g/mol. The van der Waals surface area contributed by atoms with Gasteiger partial charge in [0, 0.05) is 53.6 Å². The lowest BCUT2D eigenvalue weighted by Gasteiger charge is -2.36. The van der Waals surface area contributed by atoms with Crippen LogP contribution in [-0.4, -0.2) is 144 Å². The van der Waals surface area contributed by atoms with E-state index >= 15 is 0 Å². The Morgan fingerprint density at radius 2 is 0.952 bits per heavy atom. The molecule has 6 heterocycles. The van der Waals surface area contributed by atoms with Crippen LogP contribution in [-0.2, 0) is 28.5 Å². The summed E-state index contributed by atoms with van der Waals surface area (Å²) in [6.07, 6.45) is 6.36. The highest BCUT2D eigenvalue weighted by molar-refractivity contribution is 5.87. The number of alkyl carbamates (subject to hydrolysis) is 2. The minimum Gasteiger partial charge on any atom is -0.453 e. The van der Waals surface area contributed by atoms with Gasteiger partial charge in [0.15, 0.2) is 0 Å². The van der Waals surface area contributed by atoms with Gasteiger partial charge in [-0.05, 0) is 72.6 Å². The highest BCUT2D eigenvalue weighted by atomic mass is 16.5. The summed E-state index contributed by atoms with van der Waals surface area (Å²) in [4.78, 5) is 69.3. The summed E-state index contributed by atoms with van der Waals surface area (Å²) in [6.45, 7) is 3.47. The molecule has 4 aromatic rings. The smallest absolute Gasteiger partial charge is 0.407 e. The van der Waals surface area contributed by atoms with E-state index in [-0.39, 0.29) is 35.7 Å². The SMILES string of the molecule is COC(=O)N[C@@H](C(=O)N1[C@H](c2ncc(-c3ccc(-c4ccc(-c5cnc([C@@H]6CCN(C)N6C(=O)[C@H](NC(=O)OC)C6CCOCC6)[nH]5)cc4)cc3)[nH]2)CCN1C)C1CCOCC1. The van der Waals surface area contributed by atoms with E-state index in [0.29, 0.717) is 89.7 Å². The molecule has 18 heteroatoms. The van der Waals surface area contributed by atoms with E-state index in [2.05, 4.69) is 44.9 Å². The maximum absolute atomic E-state index is 14.1. The second kappa shape index (κ2) is 19.1. The van der Waals surface area contributed by atoms with Gasteiger partial charge in [0.2, 0.25) is 0 Å². The van der Waals surface area contributed by atoms with Crippen LogP contribution in [0.15, 0.2) is 60.9 Å². The van der Waals surface area contributed by atoms with Crippen molar-refractivity contribution < 1.29 is 38.1 Å². The Morgan fingerprint density at radius 3 is 1.31 bits per heavy atom. The van der Waals surface area contributed by atoms with Crippen molar-refractivity contribution in [3.05, 3.63) is 72.6 Å². The molecule has 4 N–H and O–H groups in total. The Labute approximate surface area is 360 Å². The van der Waals surface area contributed by atoms with Gasteiger partial charge in [0.05, 0.1) is 38.0 Å². The molecule has 0 spiro atoms. The van der Waals surface area contributed by atoms with E-state index in [4.69, 9.17) is 28.9 Å². The molecule has 4 aliphatic rings. The molecule has 0 aliphatic carbocycles. The van der Waals surface area contributed by atoms with Crippen molar-refractivity contribution in [3.63, 3.8) is 0 Å². The molecule has 0 saturated carbocycles. The molecular formula is C44H56N10O8. The topological polar surface area (TPSA) is 200 Å². The zero-order valence-corrected chi connectivity index (χ0v) is 35.7. The summed E-state index contributed by atoms with van der Waals surface area (Å²) < 4.78 is 20.8. The van der Waals surface area contributed by atoms with E-state index < -0.39 is 24.3 Å². The summed E-state index contributed by atoms with van der Waals surface area (Å²) in [5, 5.41) is 12.8. The number of aromatic amines is 2. The number of nitrogens with zero attached hydrogens (tertiary/aromatic N) is 6. The van der Waals surface area contributed by atoms with Crippen LogP contribution in [0.2, 0.25) is 0 Å². The molecule has 2 aromatic carbocycles. The van der Waals surface area contributed by atoms with Crippen LogP contribution in [0.25, 0.3) is 33.6 Å². The number of hydrogen-bond donors (Lipinski definition) is 4. The normalized spacial score (nSPS) is 21.4. The molecule has 4 fully saturated rings. The van der Waals surface area contributed by atoms with Crippen LogP contribution in [0.3, 0.4) is 0 Å². The number of aromatic nitrogens is 4. The largest absolute Gasteiger partial charge is 0.453 e. The zero-order chi connectivity index (χ0) is 43.3. The molecule has 62 heavy (non-hydrogen) atoms. The fraction of sp³-hybridized carbons (Fsp3) is 0.500. The van der Waals surface area contributed by atoms with Crippen LogP contribution >= 0.6 is 0 Å². The van der Waals surface area contributed by atoms with Gasteiger partial charge < -0.3 is 39.5 Å². The third-order valence-corrected chi connectivity index (χ3v) is 12.7. The molecule has 18 nitrogen and oxygen atoms in total. The van der Waals surface area contributed by atoms with Crippen molar-refractivity contribution in [2.45, 2.75) is 62.7 Å². The number of hydrogen-bond acceptors (Lipinski definition) is 12. The highest BCUT2D eigenvalue weighted by Gasteiger charge is 2.44. The summed E-state index contributed by atoms with van der Waals surface area (Å²) in [6, 6.07) is 14.3. The molecule has 2 aromatic heterocycles. The van der Waals surface area contributed by atoms with Gasteiger partial charge in [-0.15, -0.1) is 0 Å². The van der Waals surface area contributed by atoms with E-state index in [1.807, 2.05) is 48.4 Å². The number of nitrogens with one attached hydrogen (secondary N) is 4. The molecule has 4 amide bonds. The molecule has 8 rings (SSSR count). The standard InChI is InChI=1S/C44H56N10O8/c1-51-19-13-35(53(51)41(55)37(49-43(57)59-3)31-15-21-61-22-16-31)39-45-25-33(47-39)29-9-5-27(6-10-29)28-7-11-30(12-8-28)34-26-46-40(48-34)36-14-20-52(2)54(36)42(56)38(50-44(58)60-4)32-17-23-62-24-18-32/h5-12,25-26,31-32,35-38H,13-24H2,1-4H3,(H,45,47)(H,46,48)(H,49,57)(H,50,58)/t35-,36-,37+,38+/m0/s1. The monoisotopic (exact) mass is 852 g/mol. The third-order valence-electron chi connectivity index (χ3n) is 12.7. The van der Waals surface area contributed by atoms with Crippen molar-refractivity contribution in [2.24, 2.45) is 11.8 Å². The zero-order valence-electron chi connectivity index (χ0n) is 35.7. The van der Waals surface area contributed by atoms with E-state index in [0.717, 1.165) is 33.6 Å². The predicted octanol–water partition coefficient (Wildman–Crippen LogP) is 4.68. The quantitative estimate of drug-likeness (QED) is 0.163. The number of H-pyrrole nitrogens is 2. The predicted molar refractivity (Wildman–Crippen MR) is 226 cm³/mol. The number of carbonyl (C=O) groups is 4. The Balaban J connectivity index is 0.931. The summed E-state index contributed by atoms with van der Waals surface area (Å²) in [7, 11) is 6.35. The van der Waals surface area contributed by atoms with Gasteiger partial charge in [0.25, 0.3) is 11.8 Å². The first kappa shape index (κ1) is 42.9. The molecule has 0 unspecified atom stereocenters. The van der Waals surface area contributed by atoms with E-state index in [1.54, 1.807) is 22.4 Å². The van der Waals surface area contributed by atoms with Crippen LogP contribution < -0.4 is 10.6 Å². The third kappa shape index (κ3) is 9.04. The average Bonchev–Trinajstić information content (AvgIpc) is 4.15. The summed E-state index contributed by atoms with van der Waals surface area (Å²) in [5.41, 5.74) is 5.66. The second-order valence-corrected chi connectivity index (χ2v) is 16.4. The van der Waals surface area contributed by atoms with Crippen LogP contribution in [0.1, 0.15) is 62.3 Å². The maximum atomic E-state index is 14.1. The lowest BCUT2D eigenvalue weighted by atomic mass is 9.90. The van der Waals surface area contributed by atoms with Crippen molar-refractivity contribution in [3.8, 4) is 33.6 Å². The van der Waals surface area contributed by atoms with Gasteiger partial charge in [-0.3, -0.25) is 19.6 Å². The maximum Gasteiger partial charge on any atom is 0.407 e. The molecule has 0 bridgehead atoms. The molecule has 4 saturated heterocycles. The Morgan fingerprint density at radius 1 is 0.597 bits per heavy atom. The van der Waals surface area contributed by atoms with Crippen molar-refractivity contribution in [2.75, 3.05) is 67.8 Å². The number of hydrazine groups is 2. The van der Waals surface area contributed by atoms with Gasteiger partial charge in [-0.2, -0.15) is 0 Å². The first-order chi connectivity index (χ1) is 30.1. The molecule has 330 valence electrons. The minimum absolute atomic E-state index is 0.0693. The number of amides is 4. The number of rotatable bonds is 11. The van der Waals surface area contributed by atoms with Crippen LogP contribution in [0.4, 0.5) is 9.59 Å². The van der Waals surface area contributed by atoms with Gasteiger partial charge in [-0.1, -0.05) is 48.5 Å². The number of carbonyl (C=O) groups excluding carboxylic acids is 4. The fourth-order valence-electron chi connectivity index (χ4n) is 9.21. The first-order valence-corrected chi connectivity index (χ1v) is 21.4. The van der Waals surface area contributed by atoms with E-state index in [1.165, 1.54) is 14.2 Å². The van der Waals surface area contributed by atoms with Gasteiger partial charge >= 0.3 is 12.2 Å². The molecule has 0 radical (unpaired) electrons. The second-order valence-electron chi connectivity index (χ2n) is 16.4. The lowest BCUT2D eigenvalue weighted by Crippen LogP contribution is -2.55. The lowest BCUT2D eigenvalue weighted by molar-refractivity contribution is -0.151. The Bertz CT molecular complexity index is 2030. The first-order valence-electron chi connectivity index (χ1n) is 21.4. The van der Waals surface area contributed by atoms with Gasteiger partial charge in [-0.25, -0.2) is 29.6 Å². The number of methoxy groups -OCH3 is 2. The molecule has 4 atom stereocenters. The van der Waals surface area contributed by atoms with Crippen molar-refractivity contribution in [1.29, 1.82) is 0 Å². The number of imidazole rings is 2. The van der Waals surface area contributed by atoms with Crippen molar-refractivity contribution in [1.82, 2.24) is 50.6 Å². The highest BCUT2D eigenvalue weighted by Crippen LogP contribution is 2.36. The Hall–Kier alpha value is -5.82. The van der Waals surface area contributed by atoms with Crippen LogP contribution in [0, 0.1) is 11.8 Å². The molecule has 4 aliphatic heterocycles. The van der Waals surface area contributed by atoms with Gasteiger partial charge in [0.1, 0.15) is 35.8 Å². The fourth-order valence-corrected chi connectivity index (χ4v) is 9.21. The van der Waals surface area contributed by atoms with Crippen LogP contribution in [0.5, 0.6) is 0 Å². The van der Waals surface area contributed by atoms with Crippen molar-refractivity contribution >= 4 is 24.0 Å². The summed E-state index contributed by atoms with van der Waals surface area (Å²) in [5.74, 6) is 0.827. The number of ether oxygens (including phenoxy) is 4.